The van der Waals surface area contributed by atoms with Gasteiger partial charge in [-0.15, -0.1) is 11.3 Å². The van der Waals surface area contributed by atoms with E-state index in [1.54, 1.807) is 29.2 Å². The van der Waals surface area contributed by atoms with Crippen LogP contribution in [0.3, 0.4) is 0 Å². The van der Waals surface area contributed by atoms with Crippen LogP contribution in [0.15, 0.2) is 80.6 Å². The minimum atomic E-state index is -0.802. The Bertz CT molecular complexity index is 2510. The molecule has 17 heteroatoms. The highest BCUT2D eigenvalue weighted by Gasteiger charge is 2.44. The Hall–Kier alpha value is -5.36. The Morgan fingerprint density at radius 2 is 1.74 bits per heavy atom. The van der Waals surface area contributed by atoms with Crippen LogP contribution in [0.4, 0.5) is 17.2 Å². The normalized spacial score (nSPS) is 20.1. The van der Waals surface area contributed by atoms with Gasteiger partial charge < -0.3 is 29.6 Å². The zero-order valence-corrected chi connectivity index (χ0v) is 39.0. The lowest BCUT2D eigenvalue weighted by Gasteiger charge is -2.37. The van der Waals surface area contributed by atoms with Gasteiger partial charge in [0, 0.05) is 86.3 Å². The van der Waals surface area contributed by atoms with E-state index in [0.29, 0.717) is 23.9 Å². The number of aliphatic hydroxyl groups is 1. The second-order valence-electron chi connectivity index (χ2n) is 18.3. The summed E-state index contributed by atoms with van der Waals surface area (Å²) >= 11 is 3.18. The van der Waals surface area contributed by atoms with E-state index in [-0.39, 0.29) is 47.4 Å². The third-order valence-corrected chi connectivity index (χ3v) is 15.8. The molecule has 5 aromatic rings. The maximum absolute atomic E-state index is 14.3. The van der Waals surface area contributed by atoms with E-state index in [4.69, 9.17) is 4.52 Å². The fourth-order valence-corrected chi connectivity index (χ4v) is 11.7. The highest BCUT2D eigenvalue weighted by molar-refractivity contribution is 7.99. The van der Waals surface area contributed by atoms with Crippen LogP contribution < -0.4 is 15.1 Å². The predicted molar refractivity (Wildman–Crippen MR) is 252 cm³/mol. The number of pyridine rings is 1. The van der Waals surface area contributed by atoms with Crippen molar-refractivity contribution in [3.05, 3.63) is 105 Å². The number of benzene rings is 2. The maximum atomic E-state index is 14.3. The lowest BCUT2D eigenvalue weighted by Crippen LogP contribution is -2.48. The number of nitrogens with one attached hydrogen (secondary N) is 1. The van der Waals surface area contributed by atoms with Crippen molar-refractivity contribution in [3.63, 3.8) is 0 Å². The first-order valence-electron chi connectivity index (χ1n) is 22.8. The number of aryl methyl sites for hydroxylation is 1. The minimum Gasteiger partial charge on any atom is -0.391 e. The maximum Gasteiger partial charge on any atom is 0.288 e. The van der Waals surface area contributed by atoms with Crippen molar-refractivity contribution in [2.75, 3.05) is 62.2 Å². The highest BCUT2D eigenvalue weighted by atomic mass is 32.2. The number of rotatable bonds is 13. The molecule has 9 rings (SSSR count). The molecule has 4 aliphatic rings. The molecule has 3 saturated heterocycles. The number of aromatic nitrogens is 3. The van der Waals surface area contributed by atoms with E-state index in [0.717, 1.165) is 102 Å². The molecule has 4 atom stereocenters. The Labute approximate surface area is 387 Å². The zero-order chi connectivity index (χ0) is 45.4. The Kier molecular flexibility index (Phi) is 13.3. The van der Waals surface area contributed by atoms with Crippen molar-refractivity contribution in [2.24, 2.45) is 11.8 Å². The number of aliphatic hydroxyl groups excluding tert-OH is 1. The van der Waals surface area contributed by atoms with Crippen molar-refractivity contribution in [3.8, 4) is 10.4 Å². The average Bonchev–Trinajstić information content (AvgIpc) is 4.08. The molecular formula is C48H57N9O6S2. The number of anilines is 2. The quantitative estimate of drug-likeness (QED) is 0.0864. The predicted octanol–water partition coefficient (Wildman–Crippen LogP) is 7.47. The Morgan fingerprint density at radius 1 is 0.969 bits per heavy atom. The Balaban J connectivity index is 0.740. The molecule has 0 bridgehead atoms. The number of amides is 2. The van der Waals surface area contributed by atoms with Crippen LogP contribution in [0.2, 0.25) is 0 Å². The van der Waals surface area contributed by atoms with E-state index < -0.39 is 18.1 Å². The number of thiazole rings is 1. The van der Waals surface area contributed by atoms with Crippen molar-refractivity contribution >= 4 is 52.1 Å². The number of nitrogens with zero attached hydrogens (tertiary/aromatic N) is 8. The molecule has 2 aromatic carbocycles. The summed E-state index contributed by atoms with van der Waals surface area (Å²) in [6, 6.07) is 17.1. The molecule has 0 aliphatic carbocycles. The van der Waals surface area contributed by atoms with E-state index in [1.165, 1.54) is 22.3 Å². The van der Waals surface area contributed by atoms with Crippen molar-refractivity contribution in [2.45, 2.75) is 93.7 Å². The molecule has 0 saturated carbocycles. The summed E-state index contributed by atoms with van der Waals surface area (Å²) in [6.07, 6.45) is 4.85. The second-order valence-corrected chi connectivity index (χ2v) is 20.3. The van der Waals surface area contributed by atoms with Gasteiger partial charge in [-0.25, -0.2) is 4.98 Å². The van der Waals surface area contributed by atoms with Gasteiger partial charge in [0.05, 0.1) is 38.8 Å². The van der Waals surface area contributed by atoms with Gasteiger partial charge in [0.25, 0.3) is 5.69 Å². The number of piperazine rings is 1. The average molecular weight is 920 g/mol. The molecule has 0 spiro atoms. The largest absolute Gasteiger partial charge is 0.391 e. The highest BCUT2D eigenvalue weighted by Crippen LogP contribution is 2.42. The van der Waals surface area contributed by atoms with Gasteiger partial charge in [0.15, 0.2) is 11.6 Å². The topological polar surface area (TPSA) is 174 Å². The van der Waals surface area contributed by atoms with Crippen LogP contribution in [0.1, 0.15) is 86.7 Å². The summed E-state index contributed by atoms with van der Waals surface area (Å²) < 4.78 is 5.91. The summed E-state index contributed by atoms with van der Waals surface area (Å²) in [7, 11) is 0. The SMILES string of the molecule is Cc1ncsc1-c1ccc([C@H](C)NC(=O)[C@@H]2C[C@@H](O)CN2C(=O)[C@@H](c2cc(N3CCN(CCC4CCN(c5ccc6c(c5)Sc5cc([N+](=O)[O-])cnc5C6)CC4)CC3)no2)C(C)C)cc1. The molecule has 3 fully saturated rings. The second kappa shape index (κ2) is 19.2. The van der Waals surface area contributed by atoms with Gasteiger partial charge in [0.1, 0.15) is 18.2 Å². The fourth-order valence-electron chi connectivity index (χ4n) is 9.80. The van der Waals surface area contributed by atoms with Gasteiger partial charge in [-0.2, -0.15) is 0 Å². The van der Waals surface area contributed by atoms with Crippen LogP contribution in [0.25, 0.3) is 10.4 Å². The molecule has 15 nitrogen and oxygen atoms in total. The summed E-state index contributed by atoms with van der Waals surface area (Å²) in [5.41, 5.74) is 8.19. The molecule has 2 amide bonds. The van der Waals surface area contributed by atoms with Crippen LogP contribution in [-0.2, 0) is 16.0 Å². The zero-order valence-electron chi connectivity index (χ0n) is 37.4. The fraction of sp³-hybridized carbons (Fsp3) is 0.479. The number of fused-ring (bicyclic) bond motifs is 2. The molecule has 65 heavy (non-hydrogen) atoms. The van der Waals surface area contributed by atoms with Crippen molar-refractivity contribution in [1.29, 1.82) is 0 Å². The summed E-state index contributed by atoms with van der Waals surface area (Å²) in [5, 5.41) is 29.6. The number of piperidine rings is 1. The van der Waals surface area contributed by atoms with Crippen LogP contribution in [0.5, 0.6) is 0 Å². The number of carbonyl (C=O) groups is 2. The van der Waals surface area contributed by atoms with Crippen LogP contribution in [0, 0.1) is 28.9 Å². The lowest BCUT2D eigenvalue weighted by molar-refractivity contribution is -0.385. The van der Waals surface area contributed by atoms with Crippen LogP contribution >= 0.6 is 23.1 Å². The molecule has 2 N–H and O–H groups in total. The summed E-state index contributed by atoms with van der Waals surface area (Å²) in [4.78, 5) is 59.6. The lowest BCUT2D eigenvalue weighted by atomic mass is 9.91. The molecule has 0 unspecified atom stereocenters. The van der Waals surface area contributed by atoms with Gasteiger partial charge >= 0.3 is 0 Å². The Morgan fingerprint density at radius 3 is 2.45 bits per heavy atom. The molecule has 3 aromatic heterocycles. The summed E-state index contributed by atoms with van der Waals surface area (Å²) in [6.45, 7) is 14.5. The third-order valence-electron chi connectivity index (χ3n) is 13.7. The third kappa shape index (κ3) is 9.79. The van der Waals surface area contributed by atoms with Gasteiger partial charge in [-0.3, -0.25) is 29.6 Å². The minimum absolute atomic E-state index is 0.0284. The van der Waals surface area contributed by atoms with Gasteiger partial charge in [0.2, 0.25) is 11.8 Å². The monoisotopic (exact) mass is 919 g/mol. The van der Waals surface area contributed by atoms with E-state index in [2.05, 4.69) is 53.3 Å². The summed E-state index contributed by atoms with van der Waals surface area (Å²) in [5.74, 6) is 0.541. The first-order valence-corrected chi connectivity index (χ1v) is 24.5. The smallest absolute Gasteiger partial charge is 0.288 e. The molecule has 342 valence electrons. The molecular weight excluding hydrogens is 863 g/mol. The van der Waals surface area contributed by atoms with Crippen molar-refractivity contribution < 1.29 is 24.1 Å². The number of nitro groups is 1. The molecule has 7 heterocycles. The molecule has 0 radical (unpaired) electrons. The van der Waals surface area contributed by atoms with Crippen LogP contribution in [-0.4, -0.2) is 111 Å². The molecule has 4 aliphatic heterocycles. The standard InChI is InChI=1S/C48H57N9O6S2/c1-29(2)45(48(60)56-27-38(58)24-40(56)47(59)51-30(3)33-5-7-34(8-6-33)46-31(4)50-28-64-46)41-25-44(52-63-41)55-19-17-53(18-20-55)14-11-32-12-15-54(16-13-32)36-10-9-35-21-39-43(65-42(35)22-36)23-37(26-49-39)57(61)62/h5-10,22-23,25-26,28-30,32,38,40,45,58H,11-21,24,27H2,1-4H3,(H,51,59)/t30-,38+,40-,45+/m0/s1. The van der Waals surface area contributed by atoms with Crippen molar-refractivity contribution in [1.82, 2.24) is 30.2 Å². The first kappa shape index (κ1) is 44.8. The van der Waals surface area contributed by atoms with Gasteiger partial charge in [-0.05, 0) is 80.3 Å². The number of β-amino-alcohol motifs (C(OH)–C–C–N with tert-alkyl or cyclic N) is 1. The number of likely N-dealkylation sites (tertiary alicyclic amines) is 1. The number of hydrogen-bond acceptors (Lipinski definition) is 14. The number of carbonyl (C=O) groups excluding carboxylic acids is 2. The number of hydrogen-bond donors (Lipinski definition) is 2. The van der Waals surface area contributed by atoms with E-state index in [1.807, 2.05) is 63.5 Å². The van der Waals surface area contributed by atoms with E-state index in [9.17, 15) is 24.8 Å². The van der Waals surface area contributed by atoms with E-state index >= 15 is 0 Å². The van der Waals surface area contributed by atoms with Gasteiger partial charge in [-0.1, -0.05) is 61.1 Å². The first-order chi connectivity index (χ1) is 31.4.